The van der Waals surface area contributed by atoms with E-state index in [-0.39, 0.29) is 11.7 Å². The van der Waals surface area contributed by atoms with Crippen molar-refractivity contribution in [1.29, 1.82) is 5.41 Å². The van der Waals surface area contributed by atoms with Gasteiger partial charge in [-0.15, -0.1) is 8.78 Å². The molecule has 158 valence electrons. The second kappa shape index (κ2) is 9.13. The lowest BCUT2D eigenvalue weighted by molar-refractivity contribution is -0.0964. The number of halogens is 3. The predicted octanol–water partition coefficient (Wildman–Crippen LogP) is 4.66. The molecule has 6 nitrogen and oxygen atoms in total. The van der Waals surface area contributed by atoms with Crippen molar-refractivity contribution in [1.82, 2.24) is 0 Å². The van der Waals surface area contributed by atoms with Crippen molar-refractivity contribution in [3.63, 3.8) is 0 Å². The van der Waals surface area contributed by atoms with Crippen LogP contribution in [0.15, 0.2) is 48.5 Å². The molecular formula is C21H21ClF2N4O2. The van der Waals surface area contributed by atoms with Gasteiger partial charge in [-0.2, -0.15) is 0 Å². The lowest BCUT2D eigenvalue weighted by Gasteiger charge is -2.22. The normalized spacial score (nSPS) is 14.5. The van der Waals surface area contributed by atoms with Crippen LogP contribution >= 0.6 is 11.6 Å². The van der Waals surface area contributed by atoms with Gasteiger partial charge in [0.25, 0.3) is 5.91 Å². The first-order valence-electron chi connectivity index (χ1n) is 9.29. The topological polar surface area (TPSA) is 91.4 Å². The number of carbonyl (C=O) groups excluding carboxylic acids is 1. The van der Waals surface area contributed by atoms with Crippen LogP contribution in [0.1, 0.15) is 28.8 Å². The fourth-order valence-electron chi connectivity index (χ4n) is 3.27. The summed E-state index contributed by atoms with van der Waals surface area (Å²) in [5.74, 6) is -0.516. The Hall–Kier alpha value is -3.13. The Bertz CT molecular complexity index is 952. The van der Waals surface area contributed by atoms with Gasteiger partial charge in [-0.25, -0.2) is 0 Å². The number of nitrogens with one attached hydrogen (secondary N) is 2. The maximum atomic E-state index is 12.7. The average Bonchev–Trinajstić information content (AvgIpc) is 3.22. The van der Waals surface area contributed by atoms with Crippen molar-refractivity contribution in [2.75, 3.05) is 23.3 Å². The zero-order valence-corrected chi connectivity index (χ0v) is 16.8. The summed E-state index contributed by atoms with van der Waals surface area (Å²) in [7, 11) is 0. The fourth-order valence-corrected chi connectivity index (χ4v) is 3.35. The number of carbonyl (C=O) groups is 1. The summed E-state index contributed by atoms with van der Waals surface area (Å²) < 4.78 is 29.6. The van der Waals surface area contributed by atoms with Crippen molar-refractivity contribution in [3.05, 3.63) is 59.7 Å². The van der Waals surface area contributed by atoms with Crippen molar-refractivity contribution in [3.8, 4) is 5.75 Å². The standard InChI is InChI=1S/C21H21ClF2N4O2/c22-21(23,24)30-16-6-4-15(5-7-16)27-20(29)14-3-8-19(28-11-1-2-12-28)17(13-14)18(26)9-10-25/h3-10,13,25H,1-2,11-12,26H2,(H,27,29)/b18-9-,25-10?. The minimum atomic E-state index is -3.80. The molecule has 0 spiro atoms. The van der Waals surface area contributed by atoms with Gasteiger partial charge in [-0.05, 0) is 61.4 Å². The van der Waals surface area contributed by atoms with Gasteiger partial charge in [0.15, 0.2) is 0 Å². The molecule has 0 bridgehead atoms. The second-order valence-corrected chi connectivity index (χ2v) is 7.18. The zero-order chi connectivity index (χ0) is 21.7. The molecule has 0 aliphatic carbocycles. The number of rotatable bonds is 7. The summed E-state index contributed by atoms with van der Waals surface area (Å²) in [6.07, 6.45) is 4.75. The lowest BCUT2D eigenvalue weighted by Crippen LogP contribution is -2.21. The number of allylic oxidation sites excluding steroid dienone is 1. The van der Waals surface area contributed by atoms with Crippen molar-refractivity contribution < 1.29 is 18.3 Å². The van der Waals surface area contributed by atoms with Crippen LogP contribution in [0.4, 0.5) is 20.2 Å². The zero-order valence-electron chi connectivity index (χ0n) is 16.0. The summed E-state index contributed by atoms with van der Waals surface area (Å²) in [5.41, 5.74) is 5.10. The third kappa shape index (κ3) is 5.48. The van der Waals surface area contributed by atoms with Crippen molar-refractivity contribution >= 4 is 40.8 Å². The number of nitrogens with two attached hydrogens (primary N) is 1. The number of hydrogen-bond acceptors (Lipinski definition) is 5. The van der Waals surface area contributed by atoms with E-state index >= 15 is 0 Å². The van der Waals surface area contributed by atoms with E-state index in [1.54, 1.807) is 12.1 Å². The largest absolute Gasteiger partial charge is 0.487 e. The molecule has 3 rings (SSSR count). The van der Waals surface area contributed by atoms with E-state index < -0.39 is 5.57 Å². The molecule has 2 aromatic rings. The van der Waals surface area contributed by atoms with Gasteiger partial charge in [-0.1, -0.05) is 0 Å². The van der Waals surface area contributed by atoms with Crippen LogP contribution in [-0.2, 0) is 0 Å². The van der Waals surface area contributed by atoms with Crippen LogP contribution in [0, 0.1) is 5.41 Å². The van der Waals surface area contributed by atoms with Crippen molar-refractivity contribution in [2.24, 2.45) is 5.73 Å². The Kier molecular flexibility index (Phi) is 6.56. The van der Waals surface area contributed by atoms with E-state index in [9.17, 15) is 13.6 Å². The summed E-state index contributed by atoms with van der Waals surface area (Å²) >= 11 is 4.74. The molecule has 1 aliphatic rings. The molecule has 0 atom stereocenters. The maximum Gasteiger partial charge on any atom is 0.487 e. The molecule has 1 fully saturated rings. The maximum absolute atomic E-state index is 12.7. The van der Waals surface area contributed by atoms with Gasteiger partial charge in [0.05, 0.1) is 0 Å². The third-order valence-electron chi connectivity index (χ3n) is 4.63. The Morgan fingerprint density at radius 3 is 2.47 bits per heavy atom. The van der Waals surface area contributed by atoms with E-state index in [4.69, 9.17) is 22.7 Å². The Balaban J connectivity index is 1.81. The highest BCUT2D eigenvalue weighted by Crippen LogP contribution is 2.30. The molecule has 0 unspecified atom stereocenters. The first-order chi connectivity index (χ1) is 14.3. The molecule has 30 heavy (non-hydrogen) atoms. The Morgan fingerprint density at radius 2 is 1.87 bits per heavy atom. The van der Waals surface area contributed by atoms with Gasteiger partial charge >= 0.3 is 5.57 Å². The fraction of sp³-hybridized carbons (Fsp3) is 0.238. The van der Waals surface area contributed by atoms with Crippen LogP contribution in [0.25, 0.3) is 5.70 Å². The molecule has 9 heteroatoms. The van der Waals surface area contributed by atoms with E-state index in [1.807, 2.05) is 6.07 Å². The van der Waals surface area contributed by atoms with E-state index in [0.717, 1.165) is 37.8 Å². The first-order valence-corrected chi connectivity index (χ1v) is 9.67. The highest BCUT2D eigenvalue weighted by atomic mass is 35.5. The molecular weight excluding hydrogens is 414 g/mol. The van der Waals surface area contributed by atoms with Crippen LogP contribution in [0.3, 0.4) is 0 Å². The minimum Gasteiger partial charge on any atom is -0.420 e. The van der Waals surface area contributed by atoms with Gasteiger partial charge in [0.2, 0.25) is 0 Å². The second-order valence-electron chi connectivity index (χ2n) is 6.74. The van der Waals surface area contributed by atoms with Crippen LogP contribution < -0.4 is 20.7 Å². The summed E-state index contributed by atoms with van der Waals surface area (Å²) in [4.78, 5) is 14.9. The molecule has 1 saturated heterocycles. The predicted molar refractivity (Wildman–Crippen MR) is 115 cm³/mol. The summed E-state index contributed by atoms with van der Waals surface area (Å²) in [6.45, 7) is 1.82. The molecule has 0 saturated carbocycles. The molecule has 1 heterocycles. The van der Waals surface area contributed by atoms with Crippen LogP contribution in [-0.4, -0.2) is 30.8 Å². The number of hydrogen-bond donors (Lipinski definition) is 3. The number of anilines is 2. The monoisotopic (exact) mass is 434 g/mol. The number of ether oxygens (including phenoxy) is 1. The summed E-state index contributed by atoms with van der Waals surface area (Å²) in [6, 6.07) is 10.6. The number of alkyl halides is 3. The van der Waals surface area contributed by atoms with Gasteiger partial charge < -0.3 is 26.1 Å². The molecule has 1 aliphatic heterocycles. The number of nitrogens with zero attached hydrogens (tertiary/aromatic N) is 1. The quantitative estimate of drug-likeness (QED) is 0.436. The Morgan fingerprint density at radius 1 is 1.20 bits per heavy atom. The van der Waals surface area contributed by atoms with E-state index in [1.165, 1.54) is 30.3 Å². The SMILES string of the molecule is N=C/C=C(\N)c1cc(C(=O)Nc2ccc(OC(F)(F)Cl)cc2)ccc1N1CCCC1. The van der Waals surface area contributed by atoms with Crippen LogP contribution in [0.5, 0.6) is 5.75 Å². The van der Waals surface area contributed by atoms with Gasteiger partial charge in [-0.3, -0.25) is 4.79 Å². The van der Waals surface area contributed by atoms with Crippen LogP contribution in [0.2, 0.25) is 0 Å². The highest BCUT2D eigenvalue weighted by Gasteiger charge is 2.27. The highest BCUT2D eigenvalue weighted by molar-refractivity contribution is 6.20. The minimum absolute atomic E-state index is 0.130. The Labute approximate surface area is 177 Å². The average molecular weight is 435 g/mol. The van der Waals surface area contributed by atoms with E-state index in [2.05, 4.69) is 15.0 Å². The van der Waals surface area contributed by atoms with Gasteiger partial charge in [0.1, 0.15) is 5.75 Å². The number of amides is 1. The molecule has 2 aromatic carbocycles. The molecule has 1 amide bonds. The number of benzene rings is 2. The molecule has 0 radical (unpaired) electrons. The van der Waals surface area contributed by atoms with Gasteiger partial charge in [0, 0.05) is 59.1 Å². The third-order valence-corrected chi connectivity index (χ3v) is 4.70. The van der Waals surface area contributed by atoms with Crippen molar-refractivity contribution in [2.45, 2.75) is 18.4 Å². The summed E-state index contributed by atoms with van der Waals surface area (Å²) in [5, 5.41) is 9.98. The van der Waals surface area contributed by atoms with E-state index in [0.29, 0.717) is 22.5 Å². The molecule has 4 N–H and O–H groups in total. The smallest absolute Gasteiger partial charge is 0.420 e. The lowest BCUT2D eigenvalue weighted by atomic mass is 10.0. The molecule has 0 aromatic heterocycles. The first kappa shape index (κ1) is 21.6.